The quantitative estimate of drug-likeness (QED) is 0.102. The minimum absolute atomic E-state index is 0.0757. The summed E-state index contributed by atoms with van der Waals surface area (Å²) in [7, 11) is 0. The number of non-ortho nitro benzene ring substituents is 1. The summed E-state index contributed by atoms with van der Waals surface area (Å²) in [5.74, 6) is -8.29. The van der Waals surface area contributed by atoms with Gasteiger partial charge in [0.05, 0.1) is 26.8 Å². The normalized spacial score (nSPS) is 27.9. The molecule has 0 N–H and O–H groups in total. The van der Waals surface area contributed by atoms with Crippen molar-refractivity contribution in [3.8, 4) is 0 Å². The summed E-state index contributed by atoms with van der Waals surface area (Å²) < 4.78 is 11.4. The van der Waals surface area contributed by atoms with E-state index in [9.17, 15) is 33.7 Å². The van der Waals surface area contributed by atoms with Crippen molar-refractivity contribution in [3.05, 3.63) is 85.7 Å². The topological polar surface area (TPSA) is 118 Å². The number of nitrogens with zero attached hydrogens (tertiary/aromatic N) is 3. The molecule has 1 saturated heterocycles. The zero-order valence-corrected chi connectivity index (χ0v) is 26.4. The zero-order chi connectivity index (χ0) is 31.8. The van der Waals surface area contributed by atoms with Gasteiger partial charge in [-0.05, 0) is 42.8 Å². The highest BCUT2D eigenvalue weighted by Crippen LogP contribution is 2.77. The number of ketones is 1. The van der Waals surface area contributed by atoms with Crippen LogP contribution in [0.15, 0.2) is 58.6 Å². The van der Waals surface area contributed by atoms with Crippen LogP contribution in [0.5, 0.6) is 0 Å². The van der Waals surface area contributed by atoms with Crippen LogP contribution in [0.1, 0.15) is 27.1 Å². The van der Waals surface area contributed by atoms with E-state index in [2.05, 4.69) is 0 Å². The van der Waals surface area contributed by atoms with E-state index in [1.807, 2.05) is 0 Å². The van der Waals surface area contributed by atoms with E-state index in [4.69, 9.17) is 81.2 Å². The van der Waals surface area contributed by atoms with Crippen molar-refractivity contribution in [2.75, 3.05) is 5.88 Å². The Kier molecular flexibility index (Phi) is 8.25. The van der Waals surface area contributed by atoms with Crippen LogP contribution in [0, 0.1) is 27.8 Å². The first-order valence-electron chi connectivity index (χ1n) is 12.2. The SMILES string of the molecule is O=C(c1ccc(F)cc1)[C@H](CCCl)N(C(=O)c1ccc([N+](=O)[O-])cc1)N1C(=O)[C@H]2[C@H](C1=O)[C@@]1(Cl)C(Cl)=C(Cl)[C@@]2(Cl)C1(Cl)Cl. The Bertz CT molecular complexity index is 1580. The molecule has 2 aromatic rings. The second-order valence-corrected chi connectivity index (χ2v) is 13.5. The summed E-state index contributed by atoms with van der Waals surface area (Å²) in [6.07, 6.45) is -0.296. The van der Waals surface area contributed by atoms with Crippen LogP contribution in [0.4, 0.5) is 10.1 Å². The minimum atomic E-state index is -2.25. The van der Waals surface area contributed by atoms with Gasteiger partial charge in [-0.1, -0.05) is 46.4 Å². The fourth-order valence-corrected chi connectivity index (χ4v) is 8.83. The van der Waals surface area contributed by atoms with Crippen molar-refractivity contribution < 1.29 is 28.5 Å². The van der Waals surface area contributed by atoms with Crippen molar-refractivity contribution >= 4 is 110 Å². The number of hydrogen-bond acceptors (Lipinski definition) is 6. The molecule has 3 aliphatic rings. The van der Waals surface area contributed by atoms with Crippen LogP contribution in [0.25, 0.3) is 0 Å². The molecular weight excluding hydrogens is 717 g/mol. The molecular formula is C26H15Cl7FN3O6. The van der Waals surface area contributed by atoms with E-state index in [0.29, 0.717) is 10.0 Å². The van der Waals surface area contributed by atoms with Crippen LogP contribution in [-0.4, -0.2) is 64.4 Å². The fraction of sp³-hybridized carbons (Fsp3) is 0.308. The molecule has 1 aliphatic heterocycles. The lowest BCUT2D eigenvalue weighted by Crippen LogP contribution is -2.60. The minimum Gasteiger partial charge on any atom is -0.292 e. The number of Topliss-reactive ketones (excluding diaryl/α,β-unsaturated/α-hetero) is 1. The Morgan fingerprint density at radius 1 is 0.907 bits per heavy atom. The highest BCUT2D eigenvalue weighted by molar-refractivity contribution is 6.66. The summed E-state index contributed by atoms with van der Waals surface area (Å²) in [6.45, 7) is 0. The number of carbonyl (C=O) groups is 4. The number of alkyl halides is 5. The third-order valence-electron chi connectivity index (χ3n) is 7.74. The number of hydrazine groups is 1. The summed E-state index contributed by atoms with van der Waals surface area (Å²) >= 11 is 45.5. The van der Waals surface area contributed by atoms with E-state index in [1.165, 1.54) is 0 Å². The van der Waals surface area contributed by atoms with Gasteiger partial charge in [0.25, 0.3) is 23.4 Å². The van der Waals surface area contributed by atoms with Gasteiger partial charge in [0.15, 0.2) is 10.1 Å². The molecule has 5 rings (SSSR count). The standard InChI is InChI=1S/C26H15Cl7FN3O6/c27-10-9-15(18(38)11-1-5-13(34)6-2-11)35(21(39)12-3-7-14(8-4-12)37(42)43)36-22(40)16-17(23(36)41)25(31)20(29)19(28)24(16,30)26(25,32)33/h1-8,15-17H,9-10H2/t15-,16+,17+,24+,25+/m0/s1. The lowest BCUT2D eigenvalue weighted by molar-refractivity contribution is -0.384. The second-order valence-electron chi connectivity index (χ2n) is 9.89. The van der Waals surface area contributed by atoms with E-state index < -0.39 is 66.2 Å². The Morgan fingerprint density at radius 2 is 1.37 bits per heavy atom. The third kappa shape index (κ3) is 4.32. The van der Waals surface area contributed by atoms with E-state index in [-0.39, 0.29) is 39.2 Å². The number of halogens is 8. The number of nitro groups is 1. The number of allylic oxidation sites excluding steroid dienone is 2. The first-order valence-corrected chi connectivity index (χ1v) is 15.0. The molecule has 1 saturated carbocycles. The molecule has 0 radical (unpaired) electrons. The molecule has 17 heteroatoms. The average Bonchev–Trinajstić information content (AvgIpc) is 3.35. The Morgan fingerprint density at radius 3 is 1.81 bits per heavy atom. The maximum Gasteiger partial charge on any atom is 0.273 e. The Labute approximate surface area is 277 Å². The van der Waals surface area contributed by atoms with Gasteiger partial charge in [-0.3, -0.25) is 29.3 Å². The molecule has 5 atom stereocenters. The first-order chi connectivity index (χ1) is 20.1. The predicted molar refractivity (Wildman–Crippen MR) is 158 cm³/mol. The van der Waals surface area contributed by atoms with Gasteiger partial charge in [0.1, 0.15) is 21.6 Å². The smallest absolute Gasteiger partial charge is 0.273 e. The molecule has 2 bridgehead atoms. The van der Waals surface area contributed by atoms with E-state index in [1.54, 1.807) is 0 Å². The highest BCUT2D eigenvalue weighted by Gasteiger charge is 2.88. The number of amides is 3. The molecule has 3 amide bonds. The predicted octanol–water partition coefficient (Wildman–Crippen LogP) is 6.42. The summed E-state index contributed by atoms with van der Waals surface area (Å²) in [5, 5.41) is 11.4. The molecule has 9 nitrogen and oxygen atoms in total. The number of rotatable bonds is 8. The van der Waals surface area contributed by atoms with Crippen LogP contribution in [-0.2, 0) is 9.59 Å². The zero-order valence-electron chi connectivity index (χ0n) is 21.1. The van der Waals surface area contributed by atoms with Gasteiger partial charge in [-0.2, -0.15) is 5.01 Å². The summed E-state index contributed by atoms with van der Waals surface area (Å²) in [6, 6.07) is 6.88. The van der Waals surface area contributed by atoms with Gasteiger partial charge in [0, 0.05) is 29.1 Å². The molecule has 1 heterocycles. The molecule has 43 heavy (non-hydrogen) atoms. The van der Waals surface area contributed by atoms with Crippen LogP contribution in [0.3, 0.4) is 0 Å². The van der Waals surface area contributed by atoms with Crippen LogP contribution >= 0.6 is 81.2 Å². The second kappa shape index (κ2) is 11.0. The Balaban J connectivity index is 1.67. The van der Waals surface area contributed by atoms with Crippen molar-refractivity contribution in [2.45, 2.75) is 26.5 Å². The monoisotopic (exact) mass is 729 g/mol. The van der Waals surface area contributed by atoms with Gasteiger partial charge in [0.2, 0.25) is 0 Å². The number of benzene rings is 2. The van der Waals surface area contributed by atoms with Gasteiger partial charge >= 0.3 is 0 Å². The molecule has 2 aromatic carbocycles. The van der Waals surface area contributed by atoms with Crippen LogP contribution in [0.2, 0.25) is 0 Å². The lowest BCUT2D eigenvalue weighted by Gasteiger charge is -2.39. The lowest BCUT2D eigenvalue weighted by atomic mass is 9.84. The van der Waals surface area contributed by atoms with Gasteiger partial charge in [-0.15, -0.1) is 34.8 Å². The summed E-state index contributed by atoms with van der Waals surface area (Å²) in [5.41, 5.74) is -0.670. The highest BCUT2D eigenvalue weighted by atomic mass is 35.5. The molecule has 2 aliphatic carbocycles. The maximum atomic E-state index is 14.2. The van der Waals surface area contributed by atoms with Crippen molar-refractivity contribution in [1.82, 2.24) is 10.0 Å². The Hall–Kier alpha value is -2.18. The number of hydrogen-bond donors (Lipinski definition) is 0. The average molecular weight is 733 g/mol. The van der Waals surface area contributed by atoms with E-state index >= 15 is 0 Å². The third-order valence-corrected chi connectivity index (χ3v) is 12.2. The molecule has 0 unspecified atom stereocenters. The largest absolute Gasteiger partial charge is 0.292 e. The maximum absolute atomic E-state index is 14.2. The molecule has 0 aromatic heterocycles. The van der Waals surface area contributed by atoms with E-state index in [0.717, 1.165) is 48.5 Å². The number of fused-ring (bicyclic) bond motifs is 5. The first kappa shape index (κ1) is 32.2. The molecule has 0 spiro atoms. The number of nitro benzene ring substituents is 1. The van der Waals surface area contributed by atoms with Gasteiger partial charge in [-0.25, -0.2) is 9.40 Å². The van der Waals surface area contributed by atoms with Crippen molar-refractivity contribution in [3.63, 3.8) is 0 Å². The number of carbonyl (C=O) groups excluding carboxylic acids is 4. The van der Waals surface area contributed by atoms with Gasteiger partial charge < -0.3 is 0 Å². The molecule has 2 fully saturated rings. The molecule has 226 valence electrons. The number of imide groups is 1. The van der Waals surface area contributed by atoms with Crippen molar-refractivity contribution in [2.24, 2.45) is 11.8 Å². The van der Waals surface area contributed by atoms with Crippen molar-refractivity contribution in [1.29, 1.82) is 0 Å². The fourth-order valence-electron chi connectivity index (χ4n) is 5.70. The van der Waals surface area contributed by atoms with Crippen LogP contribution < -0.4 is 0 Å². The summed E-state index contributed by atoms with van der Waals surface area (Å²) in [4.78, 5) is 62.3.